The molecular weight excluding hydrogens is 352 g/mol. The minimum Gasteiger partial charge on any atom is -0.397 e. The molecule has 4 aromatic rings. The first-order valence-electron chi connectivity index (χ1n) is 8.55. The molecule has 4 rings (SSSR count). The minimum atomic E-state index is 0.621. The first kappa shape index (κ1) is 18.5. The molecule has 0 amide bonds. The van der Waals surface area contributed by atoms with Gasteiger partial charge in [0.15, 0.2) is 0 Å². The number of thiophene rings is 1. The van der Waals surface area contributed by atoms with E-state index in [4.69, 9.17) is 11.5 Å². The highest BCUT2D eigenvalue weighted by Crippen LogP contribution is 2.24. The summed E-state index contributed by atoms with van der Waals surface area (Å²) >= 11 is 1.72. The predicted molar refractivity (Wildman–Crippen MR) is 117 cm³/mol. The molecule has 0 radical (unpaired) electrons. The van der Waals surface area contributed by atoms with Crippen LogP contribution in [0.1, 0.15) is 16.7 Å². The van der Waals surface area contributed by atoms with Gasteiger partial charge < -0.3 is 11.5 Å². The number of aryl methyl sites for hydroxylation is 1. The summed E-state index contributed by atoms with van der Waals surface area (Å²) in [6, 6.07) is 19.9. The number of benzene rings is 2. The molecule has 0 unspecified atom stereocenters. The van der Waals surface area contributed by atoms with Gasteiger partial charge in [0.05, 0.1) is 28.1 Å². The van der Waals surface area contributed by atoms with Crippen molar-refractivity contribution in [1.82, 2.24) is 10.2 Å². The van der Waals surface area contributed by atoms with Crippen LogP contribution in [0.3, 0.4) is 0 Å². The van der Waals surface area contributed by atoms with Gasteiger partial charge >= 0.3 is 0 Å². The molecule has 0 aliphatic rings. The SMILES string of the molecule is Cc1cn[nH]c1-c1cccs1.Nc1ccc(C=Cc2ccccc2)cc1N. The lowest BCUT2D eigenvalue weighted by Crippen LogP contribution is -1.93. The van der Waals surface area contributed by atoms with Crippen LogP contribution in [0.15, 0.2) is 72.2 Å². The topological polar surface area (TPSA) is 80.7 Å². The van der Waals surface area contributed by atoms with Gasteiger partial charge in [-0.3, -0.25) is 5.10 Å². The van der Waals surface area contributed by atoms with Crippen molar-refractivity contribution in [1.29, 1.82) is 0 Å². The normalized spacial score (nSPS) is 10.6. The van der Waals surface area contributed by atoms with Gasteiger partial charge in [0.1, 0.15) is 0 Å². The highest BCUT2D eigenvalue weighted by molar-refractivity contribution is 7.13. The maximum absolute atomic E-state index is 5.73. The van der Waals surface area contributed by atoms with E-state index in [9.17, 15) is 0 Å². The number of rotatable bonds is 3. The van der Waals surface area contributed by atoms with E-state index in [2.05, 4.69) is 40.7 Å². The van der Waals surface area contributed by atoms with E-state index in [1.807, 2.05) is 60.8 Å². The van der Waals surface area contributed by atoms with Crippen molar-refractivity contribution in [3.8, 4) is 10.6 Å². The fourth-order valence-electron chi connectivity index (χ4n) is 2.47. The van der Waals surface area contributed by atoms with Crippen molar-refractivity contribution >= 4 is 34.9 Å². The summed E-state index contributed by atoms with van der Waals surface area (Å²) in [7, 11) is 0. The second kappa shape index (κ2) is 8.87. The van der Waals surface area contributed by atoms with Crippen LogP contribution in [0, 0.1) is 6.92 Å². The second-order valence-electron chi connectivity index (χ2n) is 6.04. The Balaban J connectivity index is 0.000000166. The maximum atomic E-state index is 5.73. The molecule has 0 atom stereocenters. The van der Waals surface area contributed by atoms with E-state index in [0.29, 0.717) is 11.4 Å². The Morgan fingerprint density at radius 1 is 0.889 bits per heavy atom. The summed E-state index contributed by atoms with van der Waals surface area (Å²) in [5.74, 6) is 0. The summed E-state index contributed by atoms with van der Waals surface area (Å²) in [4.78, 5) is 1.25. The molecule has 5 heteroatoms. The van der Waals surface area contributed by atoms with Crippen LogP contribution >= 0.6 is 11.3 Å². The monoisotopic (exact) mass is 374 g/mol. The van der Waals surface area contributed by atoms with E-state index in [0.717, 1.165) is 16.8 Å². The van der Waals surface area contributed by atoms with Crippen molar-refractivity contribution in [2.75, 3.05) is 11.5 Å². The number of anilines is 2. The fraction of sp³-hybridized carbons (Fsp3) is 0.0455. The molecule has 0 bridgehead atoms. The van der Waals surface area contributed by atoms with Crippen LogP contribution in [-0.4, -0.2) is 10.2 Å². The van der Waals surface area contributed by atoms with Gasteiger partial charge in [-0.1, -0.05) is 54.6 Å². The van der Waals surface area contributed by atoms with Crippen LogP contribution in [0.5, 0.6) is 0 Å². The van der Waals surface area contributed by atoms with Gasteiger partial charge in [-0.2, -0.15) is 5.10 Å². The summed E-state index contributed by atoms with van der Waals surface area (Å²) in [5, 5.41) is 8.99. The molecule has 27 heavy (non-hydrogen) atoms. The minimum absolute atomic E-state index is 0.621. The second-order valence-corrected chi connectivity index (χ2v) is 6.99. The Morgan fingerprint density at radius 3 is 2.30 bits per heavy atom. The van der Waals surface area contributed by atoms with E-state index in [1.165, 1.54) is 10.4 Å². The third-order valence-electron chi connectivity index (χ3n) is 3.98. The Hall–Kier alpha value is -3.31. The van der Waals surface area contributed by atoms with E-state index < -0.39 is 0 Å². The Kier molecular flexibility index (Phi) is 6.07. The first-order valence-corrected chi connectivity index (χ1v) is 9.43. The Labute approximate surface area is 163 Å². The zero-order valence-electron chi connectivity index (χ0n) is 15.1. The molecule has 2 aromatic carbocycles. The van der Waals surface area contributed by atoms with Gasteiger partial charge in [-0.25, -0.2) is 0 Å². The van der Waals surface area contributed by atoms with Crippen molar-refractivity contribution in [2.24, 2.45) is 0 Å². The summed E-state index contributed by atoms with van der Waals surface area (Å²) < 4.78 is 0. The summed E-state index contributed by atoms with van der Waals surface area (Å²) in [6.07, 6.45) is 5.91. The van der Waals surface area contributed by atoms with Gasteiger partial charge in [0, 0.05) is 0 Å². The standard InChI is InChI=1S/C14H14N2.C8H8N2S/c15-13-9-8-12(10-14(13)16)7-6-11-4-2-1-3-5-11;1-6-5-9-10-8(6)7-3-2-4-11-7/h1-10H,15-16H2;2-5H,1H3,(H,9,10). The number of nitrogens with one attached hydrogen (secondary N) is 1. The van der Waals surface area contributed by atoms with Crippen molar-refractivity contribution in [3.05, 3.63) is 88.9 Å². The molecular formula is C22H22N4S. The van der Waals surface area contributed by atoms with E-state index in [-0.39, 0.29) is 0 Å². The van der Waals surface area contributed by atoms with Crippen LogP contribution < -0.4 is 11.5 Å². The Bertz CT molecular complexity index is 1000. The number of hydrogen-bond donors (Lipinski definition) is 3. The molecule has 0 spiro atoms. The van der Waals surface area contributed by atoms with E-state index in [1.54, 1.807) is 11.3 Å². The largest absolute Gasteiger partial charge is 0.397 e. The fourth-order valence-corrected chi connectivity index (χ4v) is 3.26. The lowest BCUT2D eigenvalue weighted by Gasteiger charge is -2.00. The number of aromatic nitrogens is 2. The van der Waals surface area contributed by atoms with Crippen molar-refractivity contribution in [3.63, 3.8) is 0 Å². The van der Waals surface area contributed by atoms with Crippen molar-refractivity contribution < 1.29 is 0 Å². The van der Waals surface area contributed by atoms with Crippen LogP contribution in [0.4, 0.5) is 11.4 Å². The molecule has 2 aromatic heterocycles. The van der Waals surface area contributed by atoms with Crippen molar-refractivity contribution in [2.45, 2.75) is 6.92 Å². The smallest absolute Gasteiger partial charge is 0.0779 e. The van der Waals surface area contributed by atoms with Crippen LogP contribution in [-0.2, 0) is 0 Å². The quantitative estimate of drug-likeness (QED) is 0.329. The summed E-state index contributed by atoms with van der Waals surface area (Å²) in [6.45, 7) is 2.05. The summed E-state index contributed by atoms with van der Waals surface area (Å²) in [5.41, 5.74) is 17.2. The predicted octanol–water partition coefficient (Wildman–Crippen LogP) is 5.47. The number of nitrogens with zero attached hydrogens (tertiary/aromatic N) is 1. The highest BCUT2D eigenvalue weighted by atomic mass is 32.1. The molecule has 136 valence electrons. The van der Waals surface area contributed by atoms with Gasteiger partial charge in [-0.05, 0) is 47.2 Å². The maximum Gasteiger partial charge on any atom is 0.0779 e. The average Bonchev–Trinajstić information content (AvgIpc) is 3.35. The molecule has 5 N–H and O–H groups in total. The van der Waals surface area contributed by atoms with Gasteiger partial charge in [0.2, 0.25) is 0 Å². The number of H-pyrrole nitrogens is 1. The Morgan fingerprint density at radius 2 is 1.67 bits per heavy atom. The molecule has 0 aliphatic carbocycles. The highest BCUT2D eigenvalue weighted by Gasteiger charge is 2.02. The molecule has 0 aliphatic heterocycles. The average molecular weight is 375 g/mol. The lowest BCUT2D eigenvalue weighted by atomic mass is 10.1. The van der Waals surface area contributed by atoms with Crippen LogP contribution in [0.25, 0.3) is 22.7 Å². The molecule has 0 saturated carbocycles. The molecule has 0 saturated heterocycles. The molecule has 2 heterocycles. The van der Waals surface area contributed by atoms with E-state index >= 15 is 0 Å². The van der Waals surface area contributed by atoms with Crippen LogP contribution in [0.2, 0.25) is 0 Å². The lowest BCUT2D eigenvalue weighted by molar-refractivity contribution is 1.10. The third kappa shape index (κ3) is 5.09. The zero-order chi connectivity index (χ0) is 19.1. The molecule has 0 fully saturated rings. The van der Waals surface area contributed by atoms with Gasteiger partial charge in [0.25, 0.3) is 0 Å². The van der Waals surface area contributed by atoms with Gasteiger partial charge in [-0.15, -0.1) is 11.3 Å². The number of hydrogen-bond acceptors (Lipinski definition) is 4. The third-order valence-corrected chi connectivity index (χ3v) is 4.86. The number of nitrogen functional groups attached to an aromatic ring is 2. The molecule has 4 nitrogen and oxygen atoms in total. The first-order chi connectivity index (χ1) is 13.1. The number of nitrogens with two attached hydrogens (primary N) is 2. The number of aromatic amines is 1. The zero-order valence-corrected chi connectivity index (χ0v) is 15.9.